The number of anilines is 1. The van der Waals surface area contributed by atoms with Gasteiger partial charge in [0, 0.05) is 77.7 Å². The van der Waals surface area contributed by atoms with E-state index in [1.807, 2.05) is 66.9 Å². The molecule has 10 rings (SSSR count). The fourth-order valence-electron chi connectivity index (χ4n) is 10.6. The molecular weight excluding hydrogens is 1000 g/mol. The number of rotatable bonds is 12. The second-order valence-corrected chi connectivity index (χ2v) is 24.5. The molecule has 17 nitrogen and oxygen atoms in total. The predicted molar refractivity (Wildman–Crippen MR) is 291 cm³/mol. The van der Waals surface area contributed by atoms with E-state index in [1.165, 1.54) is 16.2 Å². The zero-order valence-corrected chi connectivity index (χ0v) is 45.3. The molecule has 2 saturated carbocycles. The first-order chi connectivity index (χ1) is 36.5. The maximum Gasteiger partial charge on any atom is 0.259 e. The van der Waals surface area contributed by atoms with Crippen molar-refractivity contribution < 1.29 is 41.9 Å². The van der Waals surface area contributed by atoms with Gasteiger partial charge < -0.3 is 34.8 Å². The van der Waals surface area contributed by atoms with Gasteiger partial charge in [-0.25, -0.2) is 18.4 Å². The molecule has 3 aromatic carbocycles. The number of pyridine rings is 1. The first-order valence-corrected chi connectivity index (χ1v) is 28.8. The molecular formula is C57H66N8O9S2. The van der Waals surface area contributed by atoms with Gasteiger partial charge in [0.1, 0.15) is 45.9 Å². The van der Waals surface area contributed by atoms with Gasteiger partial charge in [-0.05, 0) is 101 Å². The Kier molecular flexibility index (Phi) is 14.7. The van der Waals surface area contributed by atoms with Crippen molar-refractivity contribution >= 4 is 67.5 Å². The highest BCUT2D eigenvalue weighted by Gasteiger charge is 2.63. The van der Waals surface area contributed by atoms with Crippen molar-refractivity contribution in [3.63, 3.8) is 0 Å². The zero-order valence-electron chi connectivity index (χ0n) is 43.7. The van der Waals surface area contributed by atoms with Crippen molar-refractivity contribution in [2.24, 2.45) is 5.92 Å². The number of carbonyl (C=O) groups is 5. The number of benzene rings is 3. The smallest absolute Gasteiger partial charge is 0.259 e. The standard InChI is InChI=1S/C57H66N8O9S2/c1-35(2)45-34-75-51(60-45)44-31-48(42-21-22-47(73-5)36(3)49(42)59-44)74-41-30-46-50(66)61-57(55(70)62-76(71,72)56(4)23-24-56)32-39(57)18-12-7-6-8-13-20-43(54(69)65(46)33-41)58-40-19-14-17-38(29-40)53(68)64-27-25-63(26-28-64)52(67)37-15-10-9-11-16-37/h9-12,14-19,21-22,29,31,34-35,39,41,43,46,58H,6-8,13,20,23-28,30,32-33H2,1-5H3,(H,61,66)(H,62,70)/b18-12-/t39-,41-,43+,46+,57-/m1/s1. The maximum absolute atomic E-state index is 15.4. The number of nitrogens with one attached hydrogen (secondary N) is 3. The summed E-state index contributed by atoms with van der Waals surface area (Å²) in [4.78, 5) is 86.9. The number of aryl methyl sites for hydroxylation is 1. The minimum absolute atomic E-state index is 0.00464. The molecule has 0 spiro atoms. The molecule has 0 unspecified atom stereocenters. The fraction of sp³-hybridized carbons (Fsp3) is 0.456. The Bertz CT molecular complexity index is 3210. The van der Waals surface area contributed by atoms with Gasteiger partial charge in [0.25, 0.3) is 17.7 Å². The second-order valence-electron chi connectivity index (χ2n) is 21.5. The van der Waals surface area contributed by atoms with Crippen LogP contribution in [0.15, 0.2) is 90.3 Å². The number of hydrogen-bond acceptors (Lipinski definition) is 13. The Morgan fingerprint density at radius 2 is 1.61 bits per heavy atom. The Hall–Kier alpha value is -6.86. The number of thiazole rings is 1. The van der Waals surface area contributed by atoms with Crippen molar-refractivity contribution in [1.29, 1.82) is 0 Å². The lowest BCUT2D eigenvalue weighted by atomic mass is 10.0. The van der Waals surface area contributed by atoms with Crippen LogP contribution in [0.4, 0.5) is 5.69 Å². The normalized spacial score (nSPS) is 24.1. The molecule has 0 radical (unpaired) electrons. The van der Waals surface area contributed by atoms with Crippen LogP contribution in [0.3, 0.4) is 0 Å². The van der Waals surface area contributed by atoms with E-state index in [9.17, 15) is 22.8 Å². The third kappa shape index (κ3) is 10.6. The van der Waals surface area contributed by atoms with Crippen molar-refractivity contribution in [1.82, 2.24) is 34.7 Å². The highest BCUT2D eigenvalue weighted by atomic mass is 32.2. The van der Waals surface area contributed by atoms with Gasteiger partial charge in [0.15, 0.2) is 0 Å². The van der Waals surface area contributed by atoms with Crippen LogP contribution in [0.25, 0.3) is 21.6 Å². The summed E-state index contributed by atoms with van der Waals surface area (Å²) < 4.78 is 40.8. The van der Waals surface area contributed by atoms with Crippen molar-refractivity contribution in [3.05, 3.63) is 113 Å². The first kappa shape index (κ1) is 52.6. The molecule has 5 atom stereocenters. The number of nitrogens with zero attached hydrogens (tertiary/aromatic N) is 5. The summed E-state index contributed by atoms with van der Waals surface area (Å²) in [6.45, 7) is 9.20. The number of fused-ring (bicyclic) bond motifs is 3. The number of methoxy groups -OCH3 is 1. The van der Waals surface area contributed by atoms with Gasteiger partial charge in [-0.1, -0.05) is 63.1 Å². The summed E-state index contributed by atoms with van der Waals surface area (Å²) in [5.74, 6) is -1.17. The first-order valence-electron chi connectivity index (χ1n) is 26.4. The molecule has 3 aliphatic heterocycles. The Morgan fingerprint density at radius 1 is 0.882 bits per heavy atom. The molecule has 2 saturated heterocycles. The third-order valence-electron chi connectivity index (χ3n) is 15.8. The number of sulfonamides is 1. The number of aromatic nitrogens is 2. The average Bonchev–Trinajstić information content (AvgIpc) is 4.24. The number of hydrogen-bond donors (Lipinski definition) is 3. The summed E-state index contributed by atoms with van der Waals surface area (Å²) >= 11 is 1.48. The number of piperazine rings is 1. The minimum Gasteiger partial charge on any atom is -0.496 e. The molecule has 400 valence electrons. The lowest BCUT2D eigenvalue weighted by molar-refractivity contribution is -0.140. The number of carbonyl (C=O) groups excluding carboxylic acids is 5. The average molecular weight is 1070 g/mol. The predicted octanol–water partition coefficient (Wildman–Crippen LogP) is 7.62. The quantitative estimate of drug-likeness (QED) is 0.103. The minimum atomic E-state index is -4.04. The van der Waals surface area contributed by atoms with Crippen LogP contribution in [0.1, 0.15) is 116 Å². The van der Waals surface area contributed by atoms with Crippen molar-refractivity contribution in [3.8, 4) is 22.2 Å². The summed E-state index contributed by atoms with van der Waals surface area (Å²) in [5, 5.41) is 9.89. The van der Waals surface area contributed by atoms with E-state index in [-0.39, 0.29) is 43.0 Å². The fourth-order valence-corrected chi connectivity index (χ4v) is 12.9. The summed E-state index contributed by atoms with van der Waals surface area (Å²) in [6.07, 6.45) is 7.61. The molecule has 76 heavy (non-hydrogen) atoms. The van der Waals surface area contributed by atoms with E-state index < -0.39 is 56.2 Å². The number of allylic oxidation sites excluding steroid dienone is 1. The molecule has 5 heterocycles. The zero-order chi connectivity index (χ0) is 53.5. The molecule has 5 aromatic rings. The number of ether oxygens (including phenoxy) is 2. The van der Waals surface area contributed by atoms with Crippen LogP contribution < -0.4 is 24.8 Å². The van der Waals surface area contributed by atoms with Gasteiger partial charge in [-0.3, -0.25) is 28.7 Å². The van der Waals surface area contributed by atoms with Gasteiger partial charge in [0.05, 0.1) is 29.6 Å². The Labute approximate surface area is 447 Å². The van der Waals surface area contributed by atoms with Crippen LogP contribution in [0.5, 0.6) is 11.5 Å². The summed E-state index contributed by atoms with van der Waals surface area (Å²) in [6, 6.07) is 19.8. The monoisotopic (exact) mass is 1070 g/mol. The molecule has 5 aliphatic rings. The summed E-state index contributed by atoms with van der Waals surface area (Å²) in [7, 11) is -2.44. The molecule has 2 aromatic heterocycles. The second kappa shape index (κ2) is 21.3. The summed E-state index contributed by atoms with van der Waals surface area (Å²) in [5.41, 5.74) is 2.99. The lowest BCUT2D eigenvalue weighted by Crippen LogP contribution is -2.58. The highest BCUT2D eigenvalue weighted by Crippen LogP contribution is 2.48. The van der Waals surface area contributed by atoms with Crippen molar-refractivity contribution in [2.75, 3.05) is 45.2 Å². The highest BCUT2D eigenvalue weighted by molar-refractivity contribution is 7.91. The van der Waals surface area contributed by atoms with Crippen molar-refractivity contribution in [2.45, 2.75) is 120 Å². The van der Waals surface area contributed by atoms with Crippen LogP contribution in [-0.2, 0) is 24.4 Å². The molecule has 2 aliphatic carbocycles. The van der Waals surface area contributed by atoms with E-state index >= 15 is 9.59 Å². The van der Waals surface area contributed by atoms with Crippen LogP contribution in [0, 0.1) is 12.8 Å². The third-order valence-corrected chi connectivity index (χ3v) is 18.8. The van der Waals surface area contributed by atoms with E-state index in [4.69, 9.17) is 19.4 Å². The van der Waals surface area contributed by atoms with E-state index in [1.54, 1.807) is 54.2 Å². The van der Waals surface area contributed by atoms with E-state index in [0.717, 1.165) is 24.1 Å². The van der Waals surface area contributed by atoms with E-state index in [0.29, 0.717) is 108 Å². The molecule has 4 fully saturated rings. The lowest BCUT2D eigenvalue weighted by Gasteiger charge is -2.35. The van der Waals surface area contributed by atoms with Crippen LogP contribution >= 0.6 is 11.3 Å². The van der Waals surface area contributed by atoms with Crippen LogP contribution in [-0.4, -0.2) is 131 Å². The molecule has 5 amide bonds. The van der Waals surface area contributed by atoms with Gasteiger partial charge >= 0.3 is 0 Å². The largest absolute Gasteiger partial charge is 0.496 e. The maximum atomic E-state index is 15.4. The Balaban J connectivity index is 0.949. The van der Waals surface area contributed by atoms with Gasteiger partial charge in [0.2, 0.25) is 21.8 Å². The van der Waals surface area contributed by atoms with Gasteiger partial charge in [-0.2, -0.15) is 0 Å². The topological polar surface area (TPSA) is 210 Å². The van der Waals surface area contributed by atoms with Crippen LogP contribution in [0.2, 0.25) is 0 Å². The van der Waals surface area contributed by atoms with Gasteiger partial charge in [-0.15, -0.1) is 11.3 Å². The molecule has 19 heteroatoms. The SMILES string of the molecule is COc1ccc2c(O[C@@H]3C[C@H]4C(=O)N[C@]5(C(=O)NS(=O)(=O)C6(C)CC6)C[C@H]5/C=C\CCCCC[C@H](Nc5cccc(C(=O)N6CCN(C(=O)c7ccccc7)CC6)c5)C(=O)N4C3)cc(-c3nc(C(C)C)cs3)nc2c1C. The molecule has 0 bridgehead atoms. The van der Waals surface area contributed by atoms with E-state index in [2.05, 4.69) is 29.2 Å². The Morgan fingerprint density at radius 3 is 2.30 bits per heavy atom. The number of amides is 5. The molecule has 3 N–H and O–H groups in total.